The monoisotopic (exact) mass is 408 g/mol. The van der Waals surface area contributed by atoms with E-state index in [0.717, 1.165) is 5.56 Å². The van der Waals surface area contributed by atoms with Gasteiger partial charge in [0.1, 0.15) is 11.9 Å². The number of allylic oxidation sites excluding steroid dienone is 1. The molecule has 2 aliphatic rings. The van der Waals surface area contributed by atoms with Crippen LogP contribution in [0.3, 0.4) is 0 Å². The van der Waals surface area contributed by atoms with Crippen LogP contribution in [0.4, 0.5) is 4.39 Å². The first-order chi connectivity index (χ1) is 13.5. The first-order valence-corrected chi connectivity index (χ1v) is 9.76. The molecule has 0 bridgehead atoms. The van der Waals surface area contributed by atoms with E-state index in [1.807, 2.05) is 11.8 Å². The zero-order valence-corrected chi connectivity index (χ0v) is 16.6. The van der Waals surface area contributed by atoms with Crippen LogP contribution >= 0.6 is 11.6 Å². The minimum absolute atomic E-state index is 0.0105. The van der Waals surface area contributed by atoms with Gasteiger partial charge in [-0.05, 0) is 50.0 Å². The Kier molecular flexibility index (Phi) is 7.62. The third kappa shape index (κ3) is 5.62. The van der Waals surface area contributed by atoms with E-state index < -0.39 is 6.41 Å². The molecule has 0 saturated carbocycles. The van der Waals surface area contributed by atoms with Crippen molar-refractivity contribution in [1.29, 1.82) is 0 Å². The number of benzene rings is 1. The normalized spacial score (nSPS) is 28.8. The minimum Gasteiger partial charge on any atom is -0.375 e. The van der Waals surface area contributed by atoms with E-state index in [0.29, 0.717) is 43.2 Å². The largest absolute Gasteiger partial charge is 0.375 e. The van der Waals surface area contributed by atoms with Crippen LogP contribution in [0, 0.1) is 5.82 Å². The van der Waals surface area contributed by atoms with Gasteiger partial charge in [-0.15, -0.1) is 0 Å². The SMILES string of the molecule is CC1COC(Cc2ccc(F)cc2)CN1C(O)OC1CCC(Cl)=CC1=N[B]N. The lowest BCUT2D eigenvalue weighted by molar-refractivity contribution is -0.242. The number of aliphatic hydroxyl groups excluding tert-OH is 1. The summed E-state index contributed by atoms with van der Waals surface area (Å²) in [6.07, 6.45) is 2.03. The highest BCUT2D eigenvalue weighted by Gasteiger charge is 2.33. The molecule has 28 heavy (non-hydrogen) atoms. The topological polar surface area (TPSA) is 80.3 Å². The third-order valence-corrected chi connectivity index (χ3v) is 5.30. The van der Waals surface area contributed by atoms with Crippen LogP contribution in [0.5, 0.6) is 0 Å². The maximum atomic E-state index is 13.1. The summed E-state index contributed by atoms with van der Waals surface area (Å²) in [5.74, 6) is -0.263. The van der Waals surface area contributed by atoms with Gasteiger partial charge in [0.25, 0.3) is 0 Å². The van der Waals surface area contributed by atoms with Crippen molar-refractivity contribution in [3.63, 3.8) is 0 Å². The predicted octanol–water partition coefficient (Wildman–Crippen LogP) is 1.97. The second kappa shape index (κ2) is 9.96. The average Bonchev–Trinajstić information content (AvgIpc) is 2.67. The van der Waals surface area contributed by atoms with Crippen LogP contribution in [-0.2, 0) is 15.9 Å². The molecule has 9 heteroatoms. The van der Waals surface area contributed by atoms with E-state index in [9.17, 15) is 9.50 Å². The van der Waals surface area contributed by atoms with Crippen molar-refractivity contribution in [2.45, 2.75) is 50.8 Å². The predicted molar refractivity (Wildman–Crippen MR) is 107 cm³/mol. The smallest absolute Gasteiger partial charge is 0.367 e. The first kappa shape index (κ1) is 21.4. The molecule has 1 aliphatic carbocycles. The van der Waals surface area contributed by atoms with Gasteiger partial charge in [-0.25, -0.2) is 9.29 Å². The lowest BCUT2D eigenvalue weighted by atomic mass is 10.0. The number of halogens is 2. The highest BCUT2D eigenvalue weighted by molar-refractivity contribution is 6.35. The van der Waals surface area contributed by atoms with Crippen molar-refractivity contribution in [1.82, 2.24) is 4.90 Å². The van der Waals surface area contributed by atoms with Gasteiger partial charge in [0, 0.05) is 17.6 Å². The van der Waals surface area contributed by atoms with Crippen molar-refractivity contribution in [3.8, 4) is 0 Å². The molecule has 6 nitrogen and oxygen atoms in total. The Hall–Kier alpha value is -1.29. The number of hydrogen-bond acceptors (Lipinski definition) is 6. The fourth-order valence-corrected chi connectivity index (χ4v) is 3.69. The molecule has 1 heterocycles. The molecule has 1 aliphatic heterocycles. The fraction of sp³-hybridized carbons (Fsp3) is 0.526. The lowest BCUT2D eigenvalue weighted by Gasteiger charge is -2.41. The van der Waals surface area contributed by atoms with Crippen molar-refractivity contribution >= 4 is 24.9 Å². The van der Waals surface area contributed by atoms with Crippen molar-refractivity contribution in [2.24, 2.45) is 10.5 Å². The van der Waals surface area contributed by atoms with E-state index in [-0.39, 0.29) is 24.1 Å². The van der Waals surface area contributed by atoms with Gasteiger partial charge in [0.15, 0.2) is 0 Å². The molecule has 1 fully saturated rings. The summed E-state index contributed by atoms with van der Waals surface area (Å²) in [7, 11) is 1.19. The van der Waals surface area contributed by atoms with Gasteiger partial charge >= 0.3 is 7.55 Å². The number of nitrogens with two attached hydrogens (primary N) is 1. The Morgan fingerprint density at radius 1 is 1.46 bits per heavy atom. The van der Waals surface area contributed by atoms with E-state index in [2.05, 4.69) is 4.90 Å². The third-order valence-electron chi connectivity index (χ3n) is 5.00. The molecule has 3 rings (SSSR count). The molecule has 151 valence electrons. The van der Waals surface area contributed by atoms with Crippen LogP contribution in [0.2, 0.25) is 0 Å². The summed E-state index contributed by atoms with van der Waals surface area (Å²) in [4.78, 5) is 5.97. The summed E-state index contributed by atoms with van der Waals surface area (Å²) in [5, 5.41) is 11.4. The number of ether oxygens (including phenoxy) is 2. The van der Waals surface area contributed by atoms with Gasteiger partial charge in [0.2, 0.25) is 6.41 Å². The maximum absolute atomic E-state index is 13.1. The van der Waals surface area contributed by atoms with Gasteiger partial charge < -0.3 is 25.1 Å². The van der Waals surface area contributed by atoms with Crippen LogP contribution in [0.15, 0.2) is 40.3 Å². The molecule has 1 saturated heterocycles. The Labute approximate surface area is 170 Å². The molecular formula is C19H25BClFN3O3. The van der Waals surface area contributed by atoms with E-state index in [4.69, 9.17) is 26.7 Å². The Morgan fingerprint density at radius 3 is 2.93 bits per heavy atom. The van der Waals surface area contributed by atoms with Crippen molar-refractivity contribution < 1.29 is 19.0 Å². The van der Waals surface area contributed by atoms with Gasteiger partial charge in [-0.2, -0.15) is 0 Å². The molecule has 4 unspecified atom stereocenters. The zero-order chi connectivity index (χ0) is 20.1. The second-order valence-corrected chi connectivity index (χ2v) is 7.60. The molecule has 4 atom stereocenters. The minimum atomic E-state index is -1.10. The first-order valence-electron chi connectivity index (χ1n) is 9.38. The summed E-state index contributed by atoms with van der Waals surface area (Å²) in [5.41, 5.74) is 6.99. The molecule has 3 N–H and O–H groups in total. The number of hydrogen-bond donors (Lipinski definition) is 2. The van der Waals surface area contributed by atoms with Crippen LogP contribution in [0.25, 0.3) is 0 Å². The van der Waals surface area contributed by atoms with Crippen LogP contribution in [-0.4, -0.2) is 61.1 Å². The van der Waals surface area contributed by atoms with Crippen LogP contribution in [0.1, 0.15) is 25.3 Å². The molecule has 1 radical (unpaired) electrons. The quantitative estimate of drug-likeness (QED) is 0.556. The summed E-state index contributed by atoms with van der Waals surface area (Å²) in [6.45, 7) is 2.94. The summed E-state index contributed by atoms with van der Waals surface area (Å²) >= 11 is 6.08. The van der Waals surface area contributed by atoms with E-state index in [1.165, 1.54) is 19.7 Å². The number of aliphatic hydroxyl groups is 1. The number of rotatable bonds is 6. The molecule has 0 spiro atoms. The fourth-order valence-electron chi connectivity index (χ4n) is 3.47. The maximum Gasteiger partial charge on any atom is 0.367 e. The van der Waals surface area contributed by atoms with Gasteiger partial charge in [-0.3, -0.25) is 0 Å². The molecule has 1 aromatic carbocycles. The number of nitrogens with zero attached hydrogens (tertiary/aromatic N) is 2. The van der Waals surface area contributed by atoms with Gasteiger partial charge in [0.05, 0.1) is 18.4 Å². The van der Waals surface area contributed by atoms with Crippen molar-refractivity contribution in [3.05, 3.63) is 46.8 Å². The highest BCUT2D eigenvalue weighted by Crippen LogP contribution is 2.25. The summed E-state index contributed by atoms with van der Waals surface area (Å²) in [6, 6.07) is 6.36. The highest BCUT2D eigenvalue weighted by atomic mass is 35.5. The number of morpholine rings is 1. The second-order valence-electron chi connectivity index (χ2n) is 7.12. The van der Waals surface area contributed by atoms with E-state index in [1.54, 1.807) is 18.2 Å². The van der Waals surface area contributed by atoms with Crippen molar-refractivity contribution in [2.75, 3.05) is 13.2 Å². The van der Waals surface area contributed by atoms with E-state index >= 15 is 0 Å². The lowest BCUT2D eigenvalue weighted by Crippen LogP contribution is -2.55. The molecular weight excluding hydrogens is 383 g/mol. The standard InChI is InChI=1S/C19H25BClFN3O3/c1-12-11-27-16(8-13-2-5-15(22)6-3-13)10-25(12)19(26)28-18-7-4-14(21)9-17(18)24-20-23/h2-3,5-6,9,12,16,18-19,26H,4,7-8,10-11,23H2,1H3. The molecule has 1 aromatic rings. The van der Waals surface area contributed by atoms with Gasteiger partial charge in [-0.1, -0.05) is 23.7 Å². The molecule has 0 aromatic heterocycles. The Balaban J connectivity index is 1.62. The summed E-state index contributed by atoms with van der Waals surface area (Å²) < 4.78 is 24.9. The molecule has 0 amide bonds. The average molecular weight is 409 g/mol. The van der Waals surface area contributed by atoms with Crippen LogP contribution < -0.4 is 5.64 Å². The Morgan fingerprint density at radius 2 is 2.21 bits per heavy atom. The Bertz CT molecular complexity index is 719. The zero-order valence-electron chi connectivity index (χ0n) is 15.8.